The van der Waals surface area contributed by atoms with E-state index in [9.17, 15) is 9.50 Å². The summed E-state index contributed by atoms with van der Waals surface area (Å²) >= 11 is 0. The summed E-state index contributed by atoms with van der Waals surface area (Å²) in [5, 5.41) is 15.6. The number of aryl methyl sites for hydroxylation is 1. The van der Waals surface area contributed by atoms with Crippen LogP contribution in [0, 0.1) is 5.82 Å². The van der Waals surface area contributed by atoms with Gasteiger partial charge >= 0.3 is 0 Å². The van der Waals surface area contributed by atoms with Crippen LogP contribution in [0.25, 0.3) is 11.3 Å². The van der Waals surface area contributed by atoms with Gasteiger partial charge in [0.05, 0.1) is 17.3 Å². The highest BCUT2D eigenvalue weighted by Crippen LogP contribution is 2.34. The second-order valence-corrected chi connectivity index (χ2v) is 9.04. The predicted molar refractivity (Wildman–Crippen MR) is 130 cm³/mol. The molecular formula is C27H32FN3O3. The van der Waals surface area contributed by atoms with Crippen molar-refractivity contribution in [3.05, 3.63) is 78.6 Å². The van der Waals surface area contributed by atoms with E-state index in [2.05, 4.69) is 11.5 Å². The van der Waals surface area contributed by atoms with Gasteiger partial charge in [0.25, 0.3) is 0 Å². The highest BCUT2D eigenvalue weighted by molar-refractivity contribution is 5.65. The van der Waals surface area contributed by atoms with Crippen LogP contribution in [-0.4, -0.2) is 51.2 Å². The Morgan fingerprint density at radius 3 is 2.65 bits per heavy atom. The molecule has 0 spiro atoms. The largest absolute Gasteiger partial charge is 0.439 e. The number of hydrogen-bond donors (Lipinski definition) is 1. The summed E-state index contributed by atoms with van der Waals surface area (Å²) in [6.45, 7) is 7.84. The first kappa shape index (κ1) is 24.1. The summed E-state index contributed by atoms with van der Waals surface area (Å²) < 4.78 is 27.3. The Kier molecular flexibility index (Phi) is 7.46. The van der Waals surface area contributed by atoms with E-state index in [0.717, 1.165) is 36.3 Å². The second kappa shape index (κ2) is 10.5. The van der Waals surface area contributed by atoms with Gasteiger partial charge in [-0.15, -0.1) is 6.58 Å². The summed E-state index contributed by atoms with van der Waals surface area (Å²) in [7, 11) is 1.83. The van der Waals surface area contributed by atoms with Gasteiger partial charge < -0.3 is 14.6 Å². The molecule has 2 atom stereocenters. The van der Waals surface area contributed by atoms with Crippen molar-refractivity contribution in [2.24, 2.45) is 7.05 Å². The topological polar surface area (TPSA) is 59.8 Å². The highest BCUT2D eigenvalue weighted by atomic mass is 19.1. The lowest BCUT2D eigenvalue weighted by Crippen LogP contribution is -2.42. The quantitative estimate of drug-likeness (QED) is 0.430. The minimum atomic E-state index is -1.06. The Labute approximate surface area is 200 Å². The van der Waals surface area contributed by atoms with Gasteiger partial charge in [-0.25, -0.2) is 9.07 Å². The third kappa shape index (κ3) is 5.91. The normalized spacial score (nSPS) is 17.6. The average Bonchev–Trinajstić information content (AvgIpc) is 3.44. The molecule has 1 aromatic heterocycles. The van der Waals surface area contributed by atoms with Crippen LogP contribution in [-0.2, 0) is 18.3 Å². The summed E-state index contributed by atoms with van der Waals surface area (Å²) in [6.07, 6.45) is 3.70. The van der Waals surface area contributed by atoms with Crippen molar-refractivity contribution in [2.75, 3.05) is 19.7 Å². The fourth-order valence-electron chi connectivity index (χ4n) is 4.27. The molecule has 2 heterocycles. The molecule has 0 saturated carbocycles. The van der Waals surface area contributed by atoms with E-state index in [-0.39, 0.29) is 11.9 Å². The Balaban J connectivity index is 1.72. The van der Waals surface area contributed by atoms with E-state index < -0.39 is 5.60 Å². The van der Waals surface area contributed by atoms with Gasteiger partial charge in [0.15, 0.2) is 0 Å². The number of benzene rings is 2. The Bertz CT molecular complexity index is 1090. The van der Waals surface area contributed by atoms with E-state index in [0.29, 0.717) is 31.3 Å². The lowest BCUT2D eigenvalue weighted by atomic mass is 10.0. The first-order valence-electron chi connectivity index (χ1n) is 11.6. The fraction of sp³-hybridized carbons (Fsp3) is 0.370. The molecule has 1 fully saturated rings. The zero-order valence-electron chi connectivity index (χ0n) is 19.8. The number of nitrogens with zero attached hydrogens (tertiary/aromatic N) is 3. The van der Waals surface area contributed by atoms with Crippen LogP contribution in [0.4, 0.5) is 4.39 Å². The zero-order valence-corrected chi connectivity index (χ0v) is 19.8. The number of hydrogen-bond acceptors (Lipinski definition) is 5. The average molecular weight is 466 g/mol. The van der Waals surface area contributed by atoms with Crippen LogP contribution < -0.4 is 4.74 Å². The standard InChI is InChI=1S/C27H32FN3O3/c1-4-27(2,32)19-31(17-23-11-8-16-33-23)18-24-25(20-9-6-5-7-10-20)29-30(3)26(24)34-22-14-12-21(28)13-15-22/h4-7,9-10,12-15,23,32H,1,8,11,16-19H2,2-3H3/t23-,27+/m1/s1. The van der Waals surface area contributed by atoms with Gasteiger partial charge in [-0.2, -0.15) is 5.10 Å². The Hall–Kier alpha value is -3.00. The third-order valence-electron chi connectivity index (χ3n) is 6.01. The maximum atomic E-state index is 13.4. The van der Waals surface area contributed by atoms with Crippen molar-refractivity contribution >= 4 is 0 Å². The van der Waals surface area contributed by atoms with Crippen LogP contribution in [0.1, 0.15) is 25.3 Å². The predicted octanol–water partition coefficient (Wildman–Crippen LogP) is 4.94. The van der Waals surface area contributed by atoms with Crippen LogP contribution >= 0.6 is 0 Å². The maximum Gasteiger partial charge on any atom is 0.222 e. The molecule has 1 N–H and O–H groups in total. The molecule has 3 aromatic rings. The van der Waals surface area contributed by atoms with Crippen LogP contribution in [0.3, 0.4) is 0 Å². The van der Waals surface area contributed by atoms with E-state index in [4.69, 9.17) is 14.6 Å². The van der Waals surface area contributed by atoms with Crippen molar-refractivity contribution in [3.63, 3.8) is 0 Å². The lowest BCUT2D eigenvalue weighted by molar-refractivity contribution is 0.0241. The van der Waals surface area contributed by atoms with E-state index >= 15 is 0 Å². The Morgan fingerprint density at radius 1 is 1.26 bits per heavy atom. The van der Waals surface area contributed by atoms with E-state index in [1.165, 1.54) is 12.1 Å². The molecule has 2 aromatic carbocycles. The number of aliphatic hydroxyl groups is 1. The number of rotatable bonds is 10. The maximum absolute atomic E-state index is 13.4. The molecule has 1 aliphatic rings. The second-order valence-electron chi connectivity index (χ2n) is 9.04. The van der Waals surface area contributed by atoms with E-state index in [1.807, 2.05) is 37.4 Å². The molecular weight excluding hydrogens is 433 g/mol. The molecule has 0 aliphatic carbocycles. The van der Waals surface area contributed by atoms with Gasteiger partial charge in [0.1, 0.15) is 17.3 Å². The molecule has 1 aliphatic heterocycles. The molecule has 0 bridgehead atoms. The minimum absolute atomic E-state index is 0.110. The summed E-state index contributed by atoms with van der Waals surface area (Å²) in [4.78, 5) is 2.17. The van der Waals surface area contributed by atoms with Crippen LogP contribution in [0.5, 0.6) is 11.6 Å². The number of aromatic nitrogens is 2. The fourth-order valence-corrected chi connectivity index (χ4v) is 4.27. The highest BCUT2D eigenvalue weighted by Gasteiger charge is 2.28. The van der Waals surface area contributed by atoms with Crippen molar-refractivity contribution in [3.8, 4) is 22.9 Å². The van der Waals surface area contributed by atoms with Crippen LogP contribution in [0.15, 0.2) is 67.3 Å². The van der Waals surface area contributed by atoms with Crippen molar-refractivity contribution in [2.45, 2.75) is 38.0 Å². The van der Waals surface area contributed by atoms with Crippen molar-refractivity contribution < 1.29 is 19.0 Å². The van der Waals surface area contributed by atoms with Gasteiger partial charge in [-0.1, -0.05) is 36.4 Å². The first-order valence-corrected chi connectivity index (χ1v) is 11.6. The molecule has 6 nitrogen and oxygen atoms in total. The molecule has 0 radical (unpaired) electrons. The SMILES string of the molecule is C=C[C@](C)(O)CN(Cc1c(-c2ccccc2)nn(C)c1Oc1ccc(F)cc1)C[C@H]1CCCO1. The number of halogens is 1. The van der Waals surface area contributed by atoms with Crippen molar-refractivity contribution in [1.82, 2.24) is 14.7 Å². The van der Waals surface area contributed by atoms with Gasteiger partial charge in [0.2, 0.25) is 5.88 Å². The molecule has 0 unspecified atom stereocenters. The molecule has 34 heavy (non-hydrogen) atoms. The minimum Gasteiger partial charge on any atom is -0.439 e. The first-order chi connectivity index (χ1) is 16.3. The van der Waals surface area contributed by atoms with Crippen LogP contribution in [0.2, 0.25) is 0 Å². The molecule has 1 saturated heterocycles. The summed E-state index contributed by atoms with van der Waals surface area (Å²) in [5.74, 6) is 0.770. The molecule has 4 rings (SSSR count). The third-order valence-corrected chi connectivity index (χ3v) is 6.01. The smallest absolute Gasteiger partial charge is 0.222 e. The molecule has 7 heteroatoms. The lowest BCUT2D eigenvalue weighted by Gasteiger charge is -2.31. The number of ether oxygens (including phenoxy) is 2. The van der Waals surface area contributed by atoms with Gasteiger partial charge in [-0.3, -0.25) is 4.90 Å². The zero-order chi connectivity index (χ0) is 24.1. The summed E-state index contributed by atoms with van der Waals surface area (Å²) in [5.41, 5.74) is 1.59. The summed E-state index contributed by atoms with van der Waals surface area (Å²) in [6, 6.07) is 15.9. The van der Waals surface area contributed by atoms with E-state index in [1.54, 1.807) is 29.8 Å². The molecule has 0 amide bonds. The molecule has 180 valence electrons. The van der Waals surface area contributed by atoms with Crippen molar-refractivity contribution in [1.29, 1.82) is 0 Å². The van der Waals surface area contributed by atoms with Gasteiger partial charge in [-0.05, 0) is 44.0 Å². The Morgan fingerprint density at radius 2 is 2.00 bits per heavy atom. The monoisotopic (exact) mass is 465 g/mol. The van der Waals surface area contributed by atoms with Gasteiger partial charge in [0, 0.05) is 38.9 Å².